The lowest BCUT2D eigenvalue weighted by atomic mass is 10.1. The minimum absolute atomic E-state index is 0. The van der Waals surface area contributed by atoms with Gasteiger partial charge in [-0.25, -0.2) is 9.98 Å². The second-order valence-corrected chi connectivity index (χ2v) is 11.4. The van der Waals surface area contributed by atoms with Gasteiger partial charge >= 0.3 is 0 Å². The van der Waals surface area contributed by atoms with Gasteiger partial charge in [0.05, 0.1) is 39.2 Å². The second kappa shape index (κ2) is 13.5. The van der Waals surface area contributed by atoms with Gasteiger partial charge in [0.1, 0.15) is 5.76 Å². The third kappa shape index (κ3) is 7.49. The van der Waals surface area contributed by atoms with Gasteiger partial charge in [0.15, 0.2) is 11.5 Å². The van der Waals surface area contributed by atoms with Crippen molar-refractivity contribution in [2.45, 2.75) is 44.9 Å². The lowest BCUT2D eigenvalue weighted by Crippen LogP contribution is -2.22. The number of ether oxygens (including phenoxy) is 4. The van der Waals surface area contributed by atoms with Crippen LogP contribution in [-0.2, 0) is 9.47 Å². The van der Waals surface area contributed by atoms with Crippen molar-refractivity contribution in [3.63, 3.8) is 0 Å². The number of hydrogen-bond acceptors (Lipinski definition) is 8. The number of aliphatic imine (C=N–C) groups is 2. The van der Waals surface area contributed by atoms with Crippen LogP contribution in [0.5, 0.6) is 11.5 Å². The molecule has 6 rings (SSSR count). The van der Waals surface area contributed by atoms with Crippen LogP contribution in [0, 0.1) is 11.8 Å². The Kier molecular flexibility index (Phi) is 9.17. The number of allylic oxidation sites excluding steroid dienone is 4. The van der Waals surface area contributed by atoms with Crippen LogP contribution in [-0.4, -0.2) is 69.7 Å². The molecule has 0 aromatic heterocycles. The number of fused-ring (bicyclic) bond motifs is 7. The monoisotopic (exact) mass is 560 g/mol. The van der Waals surface area contributed by atoms with Crippen molar-refractivity contribution >= 4 is 11.7 Å². The molecule has 0 radical (unpaired) electrons. The van der Waals surface area contributed by atoms with Crippen molar-refractivity contribution in [3.8, 4) is 11.5 Å². The van der Waals surface area contributed by atoms with E-state index >= 15 is 0 Å². The lowest BCUT2D eigenvalue weighted by Gasteiger charge is -2.17. The first kappa shape index (κ1) is 27.8. The molecule has 2 atom stereocenters. The molecule has 8 nitrogen and oxygen atoms in total. The van der Waals surface area contributed by atoms with Crippen LogP contribution in [0.15, 0.2) is 75.7 Å². The summed E-state index contributed by atoms with van der Waals surface area (Å²) in [5.74, 6) is 4.17. The molecule has 1 N–H and O–H groups in total. The van der Waals surface area contributed by atoms with Crippen molar-refractivity contribution in [2.24, 2.45) is 21.8 Å². The number of rotatable bonds is 6. The molecule has 6 bridgehead atoms. The zero-order chi connectivity index (χ0) is 27.9. The molecule has 3 heterocycles. The Hall–Kier alpha value is -3.36. The van der Waals surface area contributed by atoms with Crippen molar-refractivity contribution in [2.75, 3.05) is 53.2 Å². The highest BCUT2D eigenvalue weighted by molar-refractivity contribution is 6.08. The van der Waals surface area contributed by atoms with E-state index in [9.17, 15) is 0 Å². The average Bonchev–Trinajstić information content (AvgIpc) is 3.65. The number of methoxy groups -OCH3 is 1. The standard InChI is InChI=1S/C33H42N4O4.H2/c1-38-31-11-8-25-21-32(31)41-19-13-24-20-27(24)23-39-22-26-7-9-28(35-33-34-14-4-6-29(25)36-33)10-12-30(26)40-18-5-17-37-15-2-3-16-37;/h4,7-8,10-12,14,21,24,27H,2-3,5-6,9,13,15-20,22-23H2,1H3,(H,34,35);1H. The fourth-order valence-corrected chi connectivity index (χ4v) is 5.88. The normalized spacial score (nSPS) is 24.8. The highest BCUT2D eigenvalue weighted by Gasteiger charge is 2.36. The minimum Gasteiger partial charge on any atom is -0.493 e. The Balaban J connectivity index is 0.00000353. The third-order valence-corrected chi connectivity index (χ3v) is 8.42. The maximum Gasteiger partial charge on any atom is 0.227 e. The van der Waals surface area contributed by atoms with E-state index in [-0.39, 0.29) is 1.43 Å². The number of hydrogen-bond donors (Lipinski definition) is 1. The van der Waals surface area contributed by atoms with Crippen LogP contribution < -0.4 is 14.8 Å². The predicted octanol–water partition coefficient (Wildman–Crippen LogP) is 5.63. The van der Waals surface area contributed by atoms with Gasteiger partial charge in [-0.15, -0.1) is 0 Å². The summed E-state index contributed by atoms with van der Waals surface area (Å²) in [4.78, 5) is 12.0. The zero-order valence-electron chi connectivity index (χ0n) is 24.1. The van der Waals surface area contributed by atoms with Crippen LogP contribution in [0.1, 0.15) is 51.9 Å². The Morgan fingerprint density at radius 2 is 2.07 bits per heavy atom. The lowest BCUT2D eigenvalue weighted by molar-refractivity contribution is 0.129. The summed E-state index contributed by atoms with van der Waals surface area (Å²) in [6.07, 6.45) is 17.5. The largest absolute Gasteiger partial charge is 0.493 e. The van der Waals surface area contributed by atoms with E-state index < -0.39 is 0 Å². The second-order valence-electron chi connectivity index (χ2n) is 11.4. The fraction of sp³-hybridized carbons (Fsp3) is 0.515. The first-order chi connectivity index (χ1) is 20.2. The first-order valence-electron chi connectivity index (χ1n) is 15.2. The molecule has 2 aliphatic carbocycles. The Bertz CT molecular complexity index is 1280. The van der Waals surface area contributed by atoms with Gasteiger partial charge in [-0.3, -0.25) is 0 Å². The molecule has 3 aliphatic heterocycles. The molecule has 1 aromatic carbocycles. The number of benzene rings is 1. The van der Waals surface area contributed by atoms with E-state index in [2.05, 4.69) is 33.4 Å². The topological polar surface area (TPSA) is 76.9 Å². The van der Waals surface area contributed by atoms with Gasteiger partial charge in [-0.1, -0.05) is 12.2 Å². The van der Waals surface area contributed by atoms with E-state index in [0.29, 0.717) is 44.0 Å². The molecule has 2 fully saturated rings. The number of guanidine groups is 1. The SMILES string of the molecule is COc1ccc2cc1OCCC1CC1COCC1=CCC(=CC=C1OCCCN1CCCC1)NC1=NC=CCC2=N1.[HH]. The Labute approximate surface area is 245 Å². The van der Waals surface area contributed by atoms with Gasteiger partial charge in [-0.05, 0) is 87.4 Å². The maximum absolute atomic E-state index is 6.34. The van der Waals surface area contributed by atoms with Crippen molar-refractivity contribution < 1.29 is 20.4 Å². The van der Waals surface area contributed by atoms with Crippen molar-refractivity contribution in [1.29, 1.82) is 0 Å². The van der Waals surface area contributed by atoms with Crippen LogP contribution in [0.3, 0.4) is 0 Å². The molecule has 220 valence electrons. The molecule has 41 heavy (non-hydrogen) atoms. The van der Waals surface area contributed by atoms with E-state index in [1.54, 1.807) is 7.11 Å². The minimum atomic E-state index is 0. The molecule has 1 saturated carbocycles. The van der Waals surface area contributed by atoms with Gasteiger partial charge in [0.25, 0.3) is 0 Å². The van der Waals surface area contributed by atoms with Crippen molar-refractivity contribution in [3.05, 3.63) is 71.3 Å². The van der Waals surface area contributed by atoms with Gasteiger partial charge in [0, 0.05) is 43.8 Å². The highest BCUT2D eigenvalue weighted by atomic mass is 16.5. The van der Waals surface area contributed by atoms with Crippen LogP contribution in [0.25, 0.3) is 0 Å². The Morgan fingerprint density at radius 3 is 2.98 bits per heavy atom. The molecule has 1 aromatic rings. The first-order valence-corrected chi connectivity index (χ1v) is 15.2. The summed E-state index contributed by atoms with van der Waals surface area (Å²) in [6, 6.07) is 6.03. The molecule has 0 amide bonds. The van der Waals surface area contributed by atoms with E-state index in [4.69, 9.17) is 23.9 Å². The van der Waals surface area contributed by atoms with Gasteiger partial charge < -0.3 is 29.2 Å². The maximum atomic E-state index is 6.34. The number of nitrogens with one attached hydrogen (secondary N) is 1. The van der Waals surface area contributed by atoms with Gasteiger partial charge in [-0.2, -0.15) is 0 Å². The molecule has 2 unspecified atom stereocenters. The number of likely N-dealkylation sites (tertiary alicyclic amines) is 1. The fourth-order valence-electron chi connectivity index (χ4n) is 5.88. The Morgan fingerprint density at radius 1 is 1.15 bits per heavy atom. The summed E-state index contributed by atoms with van der Waals surface area (Å²) in [7, 11) is 1.68. The number of nitrogens with zero attached hydrogens (tertiary/aromatic N) is 3. The van der Waals surface area contributed by atoms with Gasteiger partial charge in [0.2, 0.25) is 5.96 Å². The smallest absolute Gasteiger partial charge is 0.227 e. The van der Waals surface area contributed by atoms with Crippen LogP contribution >= 0.6 is 0 Å². The molecule has 1 saturated heterocycles. The summed E-state index contributed by atoms with van der Waals surface area (Å²) in [5, 5.41) is 3.46. The van der Waals surface area contributed by atoms with Crippen molar-refractivity contribution in [1.82, 2.24) is 10.2 Å². The molecule has 0 spiro atoms. The summed E-state index contributed by atoms with van der Waals surface area (Å²) in [6.45, 7) is 6.21. The highest BCUT2D eigenvalue weighted by Crippen LogP contribution is 2.42. The quantitative estimate of drug-likeness (QED) is 0.455. The third-order valence-electron chi connectivity index (χ3n) is 8.42. The molecule has 8 heteroatoms. The average molecular weight is 561 g/mol. The summed E-state index contributed by atoms with van der Waals surface area (Å²) < 4.78 is 24.4. The summed E-state index contributed by atoms with van der Waals surface area (Å²) in [5.41, 5.74) is 4.04. The molecular formula is C33H44N4O4. The molecular weight excluding hydrogens is 516 g/mol. The zero-order valence-corrected chi connectivity index (χ0v) is 24.1. The van der Waals surface area contributed by atoms with Crippen LogP contribution in [0.4, 0.5) is 0 Å². The van der Waals surface area contributed by atoms with E-state index in [1.807, 2.05) is 30.5 Å². The van der Waals surface area contributed by atoms with E-state index in [0.717, 1.165) is 72.2 Å². The van der Waals surface area contributed by atoms with Crippen LogP contribution in [0.2, 0.25) is 0 Å². The van der Waals surface area contributed by atoms with E-state index in [1.165, 1.54) is 32.4 Å². The molecule has 5 aliphatic rings. The predicted molar refractivity (Wildman–Crippen MR) is 164 cm³/mol. The summed E-state index contributed by atoms with van der Waals surface area (Å²) >= 11 is 0.